The summed E-state index contributed by atoms with van der Waals surface area (Å²) < 4.78 is 6.98. The molecule has 0 radical (unpaired) electrons. The number of carbonyl (C=O) groups is 3. The molecule has 2 aromatic rings. The van der Waals surface area contributed by atoms with Crippen molar-refractivity contribution in [3.63, 3.8) is 0 Å². The van der Waals surface area contributed by atoms with Gasteiger partial charge in [0, 0.05) is 30.3 Å². The fourth-order valence-electron chi connectivity index (χ4n) is 7.73. The van der Waals surface area contributed by atoms with Crippen LogP contribution in [0.5, 0.6) is 0 Å². The van der Waals surface area contributed by atoms with Crippen LogP contribution in [0.25, 0.3) is 0 Å². The van der Waals surface area contributed by atoms with Crippen LogP contribution in [0.3, 0.4) is 0 Å². The van der Waals surface area contributed by atoms with Crippen LogP contribution in [-0.4, -0.2) is 75.6 Å². The summed E-state index contributed by atoms with van der Waals surface area (Å²) in [6, 6.07) is 15.0. The summed E-state index contributed by atoms with van der Waals surface area (Å²) in [6.07, 6.45) is 5.29. The van der Waals surface area contributed by atoms with Gasteiger partial charge in [-0.25, -0.2) is 0 Å². The highest BCUT2D eigenvalue weighted by Gasteiger charge is 2.79. The van der Waals surface area contributed by atoms with E-state index in [-0.39, 0.29) is 30.9 Å². The molecule has 2 aromatic carbocycles. The Kier molecular flexibility index (Phi) is 9.35. The number of fused-ring (bicyclic) bond motifs is 1. The molecule has 6 atom stereocenters. The normalized spacial score (nSPS) is 27.6. The number of ether oxygens (including phenoxy) is 1. The fourth-order valence-corrected chi connectivity index (χ4v) is 7.85. The van der Waals surface area contributed by atoms with E-state index in [1.165, 1.54) is 4.90 Å². The predicted octanol–water partition coefficient (Wildman–Crippen LogP) is 5.00. The molecule has 3 saturated heterocycles. The fraction of sp³-hybridized carbons (Fsp3) is 0.457. The standard InChI is InChI=1S/C35H42ClN3O5/c1-5-20-37(22-24-12-10-9-11-13-24)31(41)28-29-32(42)39(26(7-3)23-40)30(35(29)19-18-34(28,8-4)44-35)33(43)38(21-6-2)27-16-14-25(36)15-17-27/h5-6,9-17,26,28-30,40H,1-2,7-8,18-23H2,3-4H3/t26-,28-,29-,30?,34+,35?/m0/s1. The summed E-state index contributed by atoms with van der Waals surface area (Å²) >= 11 is 6.15. The molecule has 3 amide bonds. The number of benzene rings is 2. The number of rotatable bonds is 13. The highest BCUT2D eigenvalue weighted by molar-refractivity contribution is 6.30. The first-order valence-corrected chi connectivity index (χ1v) is 15.8. The molecule has 5 rings (SSSR count). The number of halogens is 1. The average Bonchev–Trinajstić information content (AvgIpc) is 3.64. The van der Waals surface area contributed by atoms with Gasteiger partial charge in [0.2, 0.25) is 11.8 Å². The van der Waals surface area contributed by atoms with E-state index in [0.29, 0.717) is 49.5 Å². The molecule has 3 heterocycles. The third-order valence-corrected chi connectivity index (χ3v) is 10.0. The van der Waals surface area contributed by atoms with E-state index < -0.39 is 35.1 Å². The van der Waals surface area contributed by atoms with Gasteiger partial charge < -0.3 is 24.5 Å². The summed E-state index contributed by atoms with van der Waals surface area (Å²) in [5.41, 5.74) is -0.531. The number of likely N-dealkylation sites (tertiary alicyclic amines) is 1. The van der Waals surface area contributed by atoms with Gasteiger partial charge in [-0.3, -0.25) is 14.4 Å². The second-order valence-corrected chi connectivity index (χ2v) is 12.5. The zero-order valence-corrected chi connectivity index (χ0v) is 26.3. The molecule has 9 heteroatoms. The number of nitrogens with zero attached hydrogens (tertiary/aromatic N) is 3. The van der Waals surface area contributed by atoms with Gasteiger partial charge in [-0.15, -0.1) is 13.2 Å². The molecular formula is C35H42ClN3O5. The van der Waals surface area contributed by atoms with Crippen LogP contribution in [0.15, 0.2) is 79.9 Å². The van der Waals surface area contributed by atoms with Gasteiger partial charge in [0.15, 0.2) is 0 Å². The molecule has 0 aliphatic carbocycles. The number of amides is 3. The first-order chi connectivity index (χ1) is 21.2. The lowest BCUT2D eigenvalue weighted by atomic mass is 9.64. The van der Waals surface area contributed by atoms with Crippen molar-refractivity contribution in [3.05, 3.63) is 90.5 Å². The van der Waals surface area contributed by atoms with Gasteiger partial charge >= 0.3 is 0 Å². The van der Waals surface area contributed by atoms with Crippen molar-refractivity contribution >= 4 is 35.0 Å². The molecule has 8 nitrogen and oxygen atoms in total. The van der Waals surface area contributed by atoms with E-state index in [1.54, 1.807) is 46.2 Å². The van der Waals surface area contributed by atoms with Crippen molar-refractivity contribution in [1.82, 2.24) is 9.80 Å². The lowest BCUT2D eigenvalue weighted by molar-refractivity contribution is -0.154. The molecule has 3 aliphatic heterocycles. The van der Waals surface area contributed by atoms with Crippen molar-refractivity contribution in [1.29, 1.82) is 0 Å². The van der Waals surface area contributed by atoms with Gasteiger partial charge in [0.05, 0.1) is 30.1 Å². The second-order valence-electron chi connectivity index (χ2n) is 12.0. The van der Waals surface area contributed by atoms with E-state index >= 15 is 0 Å². The number of aliphatic hydroxyl groups excluding tert-OH is 1. The number of aliphatic hydroxyl groups is 1. The topological polar surface area (TPSA) is 90.4 Å². The second kappa shape index (κ2) is 12.9. The maximum Gasteiger partial charge on any atom is 0.253 e. The number of hydrogen-bond donors (Lipinski definition) is 1. The van der Waals surface area contributed by atoms with Gasteiger partial charge in [-0.05, 0) is 55.5 Å². The van der Waals surface area contributed by atoms with Crippen molar-refractivity contribution in [2.75, 3.05) is 24.6 Å². The maximum atomic E-state index is 14.8. The summed E-state index contributed by atoms with van der Waals surface area (Å²) in [6.45, 7) is 12.2. The zero-order valence-electron chi connectivity index (χ0n) is 25.5. The quantitative estimate of drug-likeness (QED) is 0.319. The Labute approximate surface area is 264 Å². The van der Waals surface area contributed by atoms with Crippen LogP contribution in [-0.2, 0) is 25.7 Å². The first-order valence-electron chi connectivity index (χ1n) is 15.5. The van der Waals surface area contributed by atoms with Crippen LogP contribution in [0.4, 0.5) is 5.69 Å². The van der Waals surface area contributed by atoms with E-state index in [1.807, 2.05) is 44.2 Å². The van der Waals surface area contributed by atoms with Crippen LogP contribution in [0.1, 0.15) is 45.1 Å². The van der Waals surface area contributed by atoms with Crippen LogP contribution in [0, 0.1) is 11.8 Å². The van der Waals surface area contributed by atoms with Gasteiger partial charge in [0.25, 0.3) is 5.91 Å². The SMILES string of the molecule is C=CCN(Cc1ccccc1)C(=O)[C@@H]1[C@H]2C(=O)N([C@@H](CC)CO)C(C(=O)N(CC=C)c3ccc(Cl)cc3)C23CC[C@@]1(CC)O3. The first kappa shape index (κ1) is 31.9. The van der Waals surface area contributed by atoms with E-state index in [2.05, 4.69) is 13.2 Å². The number of carbonyl (C=O) groups excluding carboxylic acids is 3. The minimum absolute atomic E-state index is 0.179. The van der Waals surface area contributed by atoms with E-state index in [0.717, 1.165) is 5.56 Å². The molecule has 1 N–H and O–H groups in total. The Morgan fingerprint density at radius 2 is 1.75 bits per heavy atom. The largest absolute Gasteiger partial charge is 0.394 e. The Hall–Kier alpha value is -3.46. The highest BCUT2D eigenvalue weighted by atomic mass is 35.5. The van der Waals surface area contributed by atoms with Crippen LogP contribution >= 0.6 is 11.6 Å². The highest BCUT2D eigenvalue weighted by Crippen LogP contribution is 2.65. The smallest absolute Gasteiger partial charge is 0.253 e. The molecule has 3 fully saturated rings. The van der Waals surface area contributed by atoms with E-state index in [4.69, 9.17) is 16.3 Å². The van der Waals surface area contributed by atoms with Gasteiger partial charge in [-0.2, -0.15) is 0 Å². The lowest BCUT2D eigenvalue weighted by Crippen LogP contribution is -2.59. The van der Waals surface area contributed by atoms with Crippen LogP contribution in [0.2, 0.25) is 5.02 Å². The Bertz CT molecular complexity index is 1400. The summed E-state index contributed by atoms with van der Waals surface area (Å²) in [5, 5.41) is 11.0. The Morgan fingerprint density at radius 1 is 1.07 bits per heavy atom. The van der Waals surface area contributed by atoms with Crippen LogP contribution < -0.4 is 4.90 Å². The monoisotopic (exact) mass is 619 g/mol. The number of hydrogen-bond acceptors (Lipinski definition) is 5. The Morgan fingerprint density at radius 3 is 2.34 bits per heavy atom. The number of anilines is 1. The third-order valence-electron chi connectivity index (χ3n) is 9.79. The van der Waals surface area contributed by atoms with Crippen molar-refractivity contribution in [3.8, 4) is 0 Å². The van der Waals surface area contributed by atoms with E-state index in [9.17, 15) is 19.5 Å². The molecule has 0 aromatic heterocycles. The summed E-state index contributed by atoms with van der Waals surface area (Å²) in [4.78, 5) is 48.9. The molecule has 2 unspecified atom stereocenters. The third kappa shape index (κ3) is 5.17. The minimum Gasteiger partial charge on any atom is -0.394 e. The van der Waals surface area contributed by atoms with Crippen molar-refractivity contribution in [2.45, 2.75) is 69.4 Å². The van der Waals surface area contributed by atoms with Crippen molar-refractivity contribution in [2.24, 2.45) is 11.8 Å². The molecule has 2 bridgehead atoms. The minimum atomic E-state index is -1.22. The molecule has 3 aliphatic rings. The van der Waals surface area contributed by atoms with Gasteiger partial charge in [-0.1, -0.05) is 67.9 Å². The zero-order chi connectivity index (χ0) is 31.6. The molecule has 44 heavy (non-hydrogen) atoms. The molecule has 1 spiro atoms. The lowest BCUT2D eigenvalue weighted by Gasteiger charge is -2.39. The predicted molar refractivity (Wildman–Crippen MR) is 171 cm³/mol. The maximum absolute atomic E-state index is 14.8. The summed E-state index contributed by atoms with van der Waals surface area (Å²) in [5.74, 6) is -2.47. The summed E-state index contributed by atoms with van der Waals surface area (Å²) in [7, 11) is 0. The Balaban J connectivity index is 1.61. The molecule has 0 saturated carbocycles. The van der Waals surface area contributed by atoms with Gasteiger partial charge in [0.1, 0.15) is 11.6 Å². The average molecular weight is 620 g/mol. The van der Waals surface area contributed by atoms with Crippen molar-refractivity contribution < 1.29 is 24.2 Å². The molecular weight excluding hydrogens is 578 g/mol. The molecule has 234 valence electrons.